The van der Waals surface area contributed by atoms with Gasteiger partial charge in [-0.15, -0.1) is 0 Å². The number of piperidine rings is 1. The van der Waals surface area contributed by atoms with Gasteiger partial charge in [0.2, 0.25) is 10.0 Å². The molecule has 2 N–H and O–H groups in total. The van der Waals surface area contributed by atoms with Gasteiger partial charge >= 0.3 is 0 Å². The van der Waals surface area contributed by atoms with E-state index >= 15 is 0 Å². The second-order valence-electron chi connectivity index (χ2n) is 6.37. The van der Waals surface area contributed by atoms with E-state index in [0.717, 1.165) is 44.1 Å². The van der Waals surface area contributed by atoms with Crippen LogP contribution < -0.4 is 10.0 Å². The molecule has 1 aromatic carbocycles. The molecule has 1 aliphatic heterocycles. The molecule has 1 heterocycles. The monoisotopic (exact) mass is 355 g/mol. The van der Waals surface area contributed by atoms with Gasteiger partial charge in [0.15, 0.2) is 0 Å². The Hall–Kier alpha value is -1.51. The number of carbonyl (C=O) groups excluding carboxylic acids is 1. The van der Waals surface area contributed by atoms with Crippen molar-refractivity contribution in [2.75, 3.05) is 20.1 Å². The average molecular weight is 355 g/mol. The minimum atomic E-state index is -3.94. The van der Waals surface area contributed by atoms with E-state index in [0.29, 0.717) is 0 Å². The lowest BCUT2D eigenvalue weighted by molar-refractivity contribution is 0.0909. The number of likely N-dealkylation sites (tertiary alicyclic amines) is 1. The molecule has 132 valence electrons. The van der Waals surface area contributed by atoms with Crippen LogP contribution in [0.5, 0.6) is 0 Å². The van der Waals surface area contributed by atoms with Crippen LogP contribution in [-0.4, -0.2) is 51.4 Å². The van der Waals surface area contributed by atoms with Gasteiger partial charge in [-0.1, -0.05) is 0 Å². The Morgan fingerprint density at radius 2 is 1.88 bits per heavy atom. The molecule has 0 bridgehead atoms. The topological polar surface area (TPSA) is 78.5 Å². The molecule has 6 nitrogen and oxygen atoms in total. The average Bonchev–Trinajstić information content (AvgIpc) is 3.40. The number of benzene rings is 1. The molecule has 0 spiro atoms. The standard InChI is InChI=1S/C16H22FN3O3S/c1-18-24(22,23)15-10-11(2-5-14(15)17)16(21)19-12-6-8-20(9-7-12)13-3-4-13/h2,5,10,12-13,18H,3-4,6-9H2,1H3,(H,19,21). The summed E-state index contributed by atoms with van der Waals surface area (Å²) in [7, 11) is -2.74. The molecule has 0 aromatic heterocycles. The third-order valence-electron chi connectivity index (χ3n) is 4.68. The molecule has 8 heteroatoms. The molecule has 2 fully saturated rings. The van der Waals surface area contributed by atoms with Gasteiger partial charge in [-0.2, -0.15) is 0 Å². The largest absolute Gasteiger partial charge is 0.349 e. The number of rotatable bonds is 5. The maximum absolute atomic E-state index is 13.7. The first kappa shape index (κ1) is 17.3. The number of hydrogen-bond donors (Lipinski definition) is 2. The van der Waals surface area contributed by atoms with Gasteiger partial charge in [-0.3, -0.25) is 4.79 Å². The number of halogens is 1. The highest BCUT2D eigenvalue weighted by atomic mass is 32.2. The van der Waals surface area contributed by atoms with Gasteiger partial charge in [0.05, 0.1) is 0 Å². The van der Waals surface area contributed by atoms with Crippen LogP contribution in [0, 0.1) is 5.82 Å². The lowest BCUT2D eigenvalue weighted by Crippen LogP contribution is -2.45. The Morgan fingerprint density at radius 1 is 1.21 bits per heavy atom. The molecule has 2 aliphatic rings. The third-order valence-corrected chi connectivity index (χ3v) is 6.11. The lowest BCUT2D eigenvalue weighted by Gasteiger charge is -2.32. The summed E-state index contributed by atoms with van der Waals surface area (Å²) < 4.78 is 39.4. The number of amides is 1. The summed E-state index contributed by atoms with van der Waals surface area (Å²) in [6.07, 6.45) is 4.31. The summed E-state index contributed by atoms with van der Waals surface area (Å²) in [5, 5.41) is 2.93. The minimum absolute atomic E-state index is 0.0712. The van der Waals surface area contributed by atoms with Crippen LogP contribution >= 0.6 is 0 Å². The van der Waals surface area contributed by atoms with Crippen LogP contribution in [0.2, 0.25) is 0 Å². The summed E-state index contributed by atoms with van der Waals surface area (Å²) in [6.45, 7) is 1.94. The normalized spacial score (nSPS) is 20.1. The molecular formula is C16H22FN3O3S. The molecule has 0 atom stereocenters. The Kier molecular flexibility index (Phi) is 4.89. The summed E-state index contributed by atoms with van der Waals surface area (Å²) >= 11 is 0. The van der Waals surface area contributed by atoms with Crippen LogP contribution in [0.3, 0.4) is 0 Å². The zero-order valence-electron chi connectivity index (χ0n) is 13.6. The summed E-state index contributed by atoms with van der Waals surface area (Å²) in [6, 6.07) is 4.19. The molecule has 0 unspecified atom stereocenters. The molecule has 3 rings (SSSR count). The molecule has 1 amide bonds. The predicted octanol–water partition coefficient (Wildman–Crippen LogP) is 1.09. The zero-order chi connectivity index (χ0) is 17.3. The molecule has 1 aliphatic carbocycles. The number of nitrogens with zero attached hydrogens (tertiary/aromatic N) is 1. The maximum Gasteiger partial charge on any atom is 0.251 e. The van der Waals surface area contributed by atoms with Gasteiger partial charge < -0.3 is 10.2 Å². The molecule has 24 heavy (non-hydrogen) atoms. The summed E-state index contributed by atoms with van der Waals surface area (Å²) in [4.78, 5) is 14.3. The van der Waals surface area contributed by atoms with Crippen molar-refractivity contribution in [2.24, 2.45) is 0 Å². The number of sulfonamides is 1. The first-order valence-electron chi connectivity index (χ1n) is 8.19. The van der Waals surface area contributed by atoms with E-state index in [1.54, 1.807) is 0 Å². The lowest BCUT2D eigenvalue weighted by atomic mass is 10.0. The highest BCUT2D eigenvalue weighted by Crippen LogP contribution is 2.29. The third kappa shape index (κ3) is 3.76. The Labute approximate surface area is 141 Å². The van der Waals surface area contributed by atoms with E-state index in [1.165, 1.54) is 26.0 Å². The molecule has 0 radical (unpaired) electrons. The molecular weight excluding hydrogens is 333 g/mol. The Balaban J connectivity index is 1.66. The fourth-order valence-electron chi connectivity index (χ4n) is 3.08. The van der Waals surface area contributed by atoms with Gasteiger partial charge in [0.25, 0.3) is 5.91 Å². The first-order chi connectivity index (χ1) is 11.4. The van der Waals surface area contributed by atoms with Crippen molar-refractivity contribution in [1.29, 1.82) is 0 Å². The fraction of sp³-hybridized carbons (Fsp3) is 0.562. The van der Waals surface area contributed by atoms with Gasteiger partial charge in [-0.25, -0.2) is 17.5 Å². The van der Waals surface area contributed by atoms with Crippen LogP contribution in [-0.2, 0) is 10.0 Å². The van der Waals surface area contributed by atoms with Crippen LogP contribution in [0.1, 0.15) is 36.0 Å². The van der Waals surface area contributed by atoms with E-state index in [2.05, 4.69) is 14.9 Å². The zero-order valence-corrected chi connectivity index (χ0v) is 14.4. The summed E-state index contributed by atoms with van der Waals surface area (Å²) in [5.41, 5.74) is 0.148. The van der Waals surface area contributed by atoms with Gasteiger partial charge in [-0.05, 0) is 50.9 Å². The van der Waals surface area contributed by atoms with Crippen molar-refractivity contribution in [3.05, 3.63) is 29.6 Å². The van der Waals surface area contributed by atoms with E-state index in [-0.39, 0.29) is 17.5 Å². The molecule has 1 saturated carbocycles. The van der Waals surface area contributed by atoms with Gasteiger partial charge in [0, 0.05) is 30.7 Å². The fourth-order valence-corrected chi connectivity index (χ4v) is 3.90. The van der Waals surface area contributed by atoms with E-state index in [4.69, 9.17) is 0 Å². The Morgan fingerprint density at radius 3 is 2.46 bits per heavy atom. The SMILES string of the molecule is CNS(=O)(=O)c1cc(C(=O)NC2CCN(C3CC3)CC2)ccc1F. The van der Waals surface area contributed by atoms with Crippen LogP contribution in [0.25, 0.3) is 0 Å². The predicted molar refractivity (Wildman–Crippen MR) is 87.7 cm³/mol. The van der Waals surface area contributed by atoms with Gasteiger partial charge in [0.1, 0.15) is 10.7 Å². The first-order valence-corrected chi connectivity index (χ1v) is 9.67. The Bertz CT molecular complexity index is 726. The van der Waals surface area contributed by atoms with Crippen molar-refractivity contribution in [2.45, 2.75) is 42.7 Å². The highest BCUT2D eigenvalue weighted by molar-refractivity contribution is 7.89. The van der Waals surface area contributed by atoms with Crippen molar-refractivity contribution < 1.29 is 17.6 Å². The number of carbonyl (C=O) groups is 1. The highest BCUT2D eigenvalue weighted by Gasteiger charge is 2.32. The van der Waals surface area contributed by atoms with E-state index < -0.39 is 20.7 Å². The van der Waals surface area contributed by atoms with Crippen LogP contribution in [0.4, 0.5) is 4.39 Å². The second-order valence-corrected chi connectivity index (χ2v) is 8.22. The van der Waals surface area contributed by atoms with Crippen molar-refractivity contribution in [3.63, 3.8) is 0 Å². The van der Waals surface area contributed by atoms with E-state index in [9.17, 15) is 17.6 Å². The maximum atomic E-state index is 13.7. The number of nitrogens with one attached hydrogen (secondary N) is 2. The quantitative estimate of drug-likeness (QED) is 0.829. The number of hydrogen-bond acceptors (Lipinski definition) is 4. The van der Waals surface area contributed by atoms with Crippen LogP contribution in [0.15, 0.2) is 23.1 Å². The van der Waals surface area contributed by atoms with E-state index in [1.807, 2.05) is 0 Å². The second kappa shape index (κ2) is 6.78. The van der Waals surface area contributed by atoms with Crippen molar-refractivity contribution in [3.8, 4) is 0 Å². The smallest absolute Gasteiger partial charge is 0.251 e. The molecule has 1 aromatic rings. The summed E-state index contributed by atoms with van der Waals surface area (Å²) in [5.74, 6) is -1.24. The van der Waals surface area contributed by atoms with Crippen molar-refractivity contribution >= 4 is 15.9 Å². The minimum Gasteiger partial charge on any atom is -0.349 e. The molecule has 1 saturated heterocycles. The van der Waals surface area contributed by atoms with Crippen molar-refractivity contribution in [1.82, 2.24) is 14.9 Å².